The Labute approximate surface area is 126 Å². The lowest BCUT2D eigenvalue weighted by atomic mass is 10.1. The van der Waals surface area contributed by atoms with Gasteiger partial charge in [-0.05, 0) is 56.0 Å². The number of carbonyl (C=O) groups is 1. The van der Waals surface area contributed by atoms with Gasteiger partial charge in [0.15, 0.2) is 0 Å². The van der Waals surface area contributed by atoms with E-state index in [1.807, 2.05) is 32.0 Å². The van der Waals surface area contributed by atoms with Crippen LogP contribution >= 0.6 is 0 Å². The number of benzene rings is 2. The Morgan fingerprint density at radius 3 is 2.57 bits per heavy atom. The van der Waals surface area contributed by atoms with E-state index in [2.05, 4.69) is 30.4 Å². The summed E-state index contributed by atoms with van der Waals surface area (Å²) in [6.07, 6.45) is 1.23. The summed E-state index contributed by atoms with van der Waals surface area (Å²) in [7, 11) is 0. The van der Waals surface area contributed by atoms with Crippen molar-refractivity contribution in [2.24, 2.45) is 0 Å². The van der Waals surface area contributed by atoms with E-state index in [0.717, 1.165) is 28.9 Å². The molecule has 21 heavy (non-hydrogen) atoms. The molecule has 0 aliphatic rings. The number of aryl methyl sites for hydroxylation is 4. The molecule has 0 unspecified atom stereocenters. The Kier molecular flexibility index (Phi) is 4.63. The van der Waals surface area contributed by atoms with E-state index in [1.54, 1.807) is 0 Å². The molecule has 0 spiro atoms. The number of hydrogen-bond donors (Lipinski definition) is 2. The van der Waals surface area contributed by atoms with Crippen molar-refractivity contribution in [3.05, 3.63) is 58.7 Å². The van der Waals surface area contributed by atoms with Crippen LogP contribution in [-0.4, -0.2) is 5.91 Å². The van der Waals surface area contributed by atoms with E-state index >= 15 is 0 Å². The average Bonchev–Trinajstić information content (AvgIpc) is 2.43. The third-order valence-corrected chi connectivity index (χ3v) is 3.61. The lowest BCUT2D eigenvalue weighted by molar-refractivity contribution is -0.116. The van der Waals surface area contributed by atoms with Gasteiger partial charge in [0.05, 0.1) is 0 Å². The molecule has 0 bridgehead atoms. The Bertz CT molecular complexity index is 662. The first-order valence-electron chi connectivity index (χ1n) is 7.18. The molecule has 2 aromatic carbocycles. The maximum Gasteiger partial charge on any atom is 0.224 e. The number of amides is 1. The van der Waals surface area contributed by atoms with Gasteiger partial charge in [-0.25, -0.2) is 0 Å². The van der Waals surface area contributed by atoms with Crippen LogP contribution in [0.5, 0.6) is 0 Å². The number of hydrogen-bond acceptors (Lipinski definition) is 2. The lowest BCUT2D eigenvalue weighted by Crippen LogP contribution is -2.13. The lowest BCUT2D eigenvalue weighted by Gasteiger charge is -2.11. The van der Waals surface area contributed by atoms with Crippen molar-refractivity contribution in [1.82, 2.24) is 0 Å². The number of nitrogens with one attached hydrogen (secondary N) is 1. The number of rotatable bonds is 4. The van der Waals surface area contributed by atoms with Gasteiger partial charge in [-0.3, -0.25) is 4.79 Å². The fourth-order valence-corrected chi connectivity index (χ4v) is 2.31. The summed E-state index contributed by atoms with van der Waals surface area (Å²) in [6.45, 7) is 5.95. The quantitative estimate of drug-likeness (QED) is 0.839. The molecule has 0 saturated carbocycles. The smallest absolute Gasteiger partial charge is 0.224 e. The third kappa shape index (κ3) is 4.09. The zero-order valence-corrected chi connectivity index (χ0v) is 12.9. The average molecular weight is 282 g/mol. The van der Waals surface area contributed by atoms with E-state index in [-0.39, 0.29) is 5.91 Å². The van der Waals surface area contributed by atoms with E-state index < -0.39 is 0 Å². The highest BCUT2D eigenvalue weighted by atomic mass is 16.1. The molecule has 0 aromatic heterocycles. The van der Waals surface area contributed by atoms with Gasteiger partial charge in [0.2, 0.25) is 5.91 Å². The van der Waals surface area contributed by atoms with Gasteiger partial charge in [-0.2, -0.15) is 0 Å². The zero-order chi connectivity index (χ0) is 15.4. The van der Waals surface area contributed by atoms with E-state index in [9.17, 15) is 4.79 Å². The second-order valence-corrected chi connectivity index (χ2v) is 5.56. The summed E-state index contributed by atoms with van der Waals surface area (Å²) in [5.41, 5.74) is 11.8. The molecule has 0 atom stereocenters. The maximum atomic E-state index is 12.1. The third-order valence-electron chi connectivity index (χ3n) is 3.61. The van der Waals surface area contributed by atoms with Gasteiger partial charge in [-0.1, -0.05) is 29.8 Å². The Balaban J connectivity index is 1.97. The van der Waals surface area contributed by atoms with Crippen LogP contribution < -0.4 is 11.1 Å². The fraction of sp³-hybridized carbons (Fsp3) is 0.278. The van der Waals surface area contributed by atoms with E-state index in [4.69, 9.17) is 5.73 Å². The molecule has 0 fully saturated rings. The highest BCUT2D eigenvalue weighted by Crippen LogP contribution is 2.22. The molecule has 3 heteroatoms. The predicted molar refractivity (Wildman–Crippen MR) is 88.5 cm³/mol. The fourth-order valence-electron chi connectivity index (χ4n) is 2.31. The van der Waals surface area contributed by atoms with Crippen molar-refractivity contribution >= 4 is 17.3 Å². The molecular formula is C18H22N2O. The summed E-state index contributed by atoms with van der Waals surface area (Å²) >= 11 is 0. The number of carbonyl (C=O) groups excluding carboxylic acids is 1. The second kappa shape index (κ2) is 6.44. The van der Waals surface area contributed by atoms with Crippen molar-refractivity contribution in [2.75, 3.05) is 11.1 Å². The molecule has 3 N–H and O–H groups in total. The molecule has 3 nitrogen and oxygen atoms in total. The monoisotopic (exact) mass is 282 g/mol. The normalized spacial score (nSPS) is 10.4. The zero-order valence-electron chi connectivity index (χ0n) is 12.9. The number of anilines is 2. The molecule has 110 valence electrons. The molecular weight excluding hydrogens is 260 g/mol. The first kappa shape index (κ1) is 15.1. The van der Waals surface area contributed by atoms with E-state index in [0.29, 0.717) is 6.42 Å². The second-order valence-electron chi connectivity index (χ2n) is 5.56. The van der Waals surface area contributed by atoms with Gasteiger partial charge in [-0.15, -0.1) is 0 Å². The van der Waals surface area contributed by atoms with Crippen molar-refractivity contribution in [2.45, 2.75) is 33.6 Å². The van der Waals surface area contributed by atoms with Crippen LogP contribution in [0.2, 0.25) is 0 Å². The largest absolute Gasteiger partial charge is 0.399 e. The summed E-state index contributed by atoms with van der Waals surface area (Å²) in [5.74, 6) is 0.0313. The Morgan fingerprint density at radius 2 is 1.86 bits per heavy atom. The summed E-state index contributed by atoms with van der Waals surface area (Å²) in [4.78, 5) is 12.1. The highest BCUT2D eigenvalue weighted by molar-refractivity contribution is 5.92. The summed E-state index contributed by atoms with van der Waals surface area (Å²) < 4.78 is 0. The van der Waals surface area contributed by atoms with E-state index in [1.165, 1.54) is 11.1 Å². The predicted octanol–water partition coefficient (Wildman–Crippen LogP) is 3.77. The van der Waals surface area contributed by atoms with Gasteiger partial charge in [0.1, 0.15) is 0 Å². The highest BCUT2D eigenvalue weighted by Gasteiger charge is 2.07. The van der Waals surface area contributed by atoms with Crippen molar-refractivity contribution in [1.29, 1.82) is 0 Å². The van der Waals surface area contributed by atoms with Gasteiger partial charge in [0, 0.05) is 17.8 Å². The van der Waals surface area contributed by atoms with Gasteiger partial charge in [0.25, 0.3) is 0 Å². The standard InChI is InChI=1S/C18H22N2O/c1-12-5-4-6-15(9-12)7-8-18(21)20-17-11-13(2)16(19)10-14(17)3/h4-6,9-11H,7-8,19H2,1-3H3,(H,20,21). The minimum atomic E-state index is 0.0313. The SMILES string of the molecule is Cc1cccc(CCC(=O)Nc2cc(C)c(N)cc2C)c1. The molecule has 0 saturated heterocycles. The van der Waals surface area contributed by atoms with Gasteiger partial charge < -0.3 is 11.1 Å². The molecule has 0 radical (unpaired) electrons. The van der Waals surface area contributed by atoms with Gasteiger partial charge >= 0.3 is 0 Å². The van der Waals surface area contributed by atoms with Crippen LogP contribution in [0.4, 0.5) is 11.4 Å². The van der Waals surface area contributed by atoms with Crippen LogP contribution in [0.25, 0.3) is 0 Å². The van der Waals surface area contributed by atoms with Crippen LogP contribution in [0, 0.1) is 20.8 Å². The summed E-state index contributed by atoms with van der Waals surface area (Å²) in [5, 5.41) is 2.97. The Morgan fingerprint density at radius 1 is 1.10 bits per heavy atom. The molecule has 2 aromatic rings. The van der Waals surface area contributed by atoms with Crippen LogP contribution in [-0.2, 0) is 11.2 Å². The maximum absolute atomic E-state index is 12.1. The number of nitrogen functional groups attached to an aromatic ring is 1. The van der Waals surface area contributed by atoms with Crippen LogP contribution in [0.3, 0.4) is 0 Å². The van der Waals surface area contributed by atoms with Crippen LogP contribution in [0.1, 0.15) is 28.7 Å². The topological polar surface area (TPSA) is 55.1 Å². The molecule has 0 aliphatic heterocycles. The minimum Gasteiger partial charge on any atom is -0.399 e. The van der Waals surface area contributed by atoms with Crippen molar-refractivity contribution in [3.8, 4) is 0 Å². The first-order valence-corrected chi connectivity index (χ1v) is 7.18. The molecule has 2 rings (SSSR count). The molecule has 0 aliphatic carbocycles. The molecule has 1 amide bonds. The minimum absolute atomic E-state index is 0.0313. The van der Waals surface area contributed by atoms with Crippen molar-refractivity contribution in [3.63, 3.8) is 0 Å². The van der Waals surface area contributed by atoms with Crippen LogP contribution in [0.15, 0.2) is 36.4 Å². The molecule has 0 heterocycles. The summed E-state index contributed by atoms with van der Waals surface area (Å²) in [6, 6.07) is 12.1. The number of nitrogens with two attached hydrogens (primary N) is 1. The first-order chi connectivity index (χ1) is 9.95. The van der Waals surface area contributed by atoms with Crippen molar-refractivity contribution < 1.29 is 4.79 Å². The Hall–Kier alpha value is -2.29.